The van der Waals surface area contributed by atoms with Crippen molar-refractivity contribution in [2.45, 2.75) is 52.4 Å². The van der Waals surface area contributed by atoms with Crippen LogP contribution in [-0.2, 0) is 11.8 Å². The zero-order valence-corrected chi connectivity index (χ0v) is 11.6. The van der Waals surface area contributed by atoms with Gasteiger partial charge in [-0.05, 0) is 6.42 Å². The summed E-state index contributed by atoms with van der Waals surface area (Å²) in [6.07, 6.45) is 3.19. The third-order valence-corrected chi connectivity index (χ3v) is 3.19. The number of aryl methyl sites for hydroxylation is 1. The second-order valence-corrected chi connectivity index (χ2v) is 5.79. The van der Waals surface area contributed by atoms with Crippen molar-refractivity contribution >= 4 is 17.2 Å². The Morgan fingerprint density at radius 3 is 2.65 bits per heavy atom. The molecule has 0 amide bonds. The molecular weight excluding hydrogens is 236 g/mol. The van der Waals surface area contributed by atoms with Gasteiger partial charge in [-0.1, -0.05) is 45.7 Å². The molecule has 94 valence electrons. The average molecular weight is 255 g/mol. The molecule has 0 unspecified atom stereocenters. The van der Waals surface area contributed by atoms with Crippen LogP contribution in [0.1, 0.15) is 52.1 Å². The second-order valence-electron chi connectivity index (χ2n) is 5.42. The van der Waals surface area contributed by atoms with E-state index >= 15 is 0 Å². The number of fused-ring (bicyclic) bond motifs is 1. The molecule has 0 aliphatic rings. The lowest BCUT2D eigenvalue weighted by Crippen LogP contribution is -2.13. The third kappa shape index (κ3) is 2.18. The number of nitrogens with one attached hydrogen (secondary N) is 1. The Labute approximate surface area is 106 Å². The van der Waals surface area contributed by atoms with Crippen LogP contribution in [0.4, 0.5) is 0 Å². The Kier molecular flexibility index (Phi) is 3.17. The number of rotatable bonds is 3. The van der Waals surface area contributed by atoms with Crippen molar-refractivity contribution in [3.05, 3.63) is 16.5 Å². The fourth-order valence-corrected chi connectivity index (χ4v) is 2.27. The number of hydrogen-bond donors (Lipinski definition) is 1. The first-order valence-corrected chi connectivity index (χ1v) is 6.45. The van der Waals surface area contributed by atoms with Gasteiger partial charge in [0, 0.05) is 11.8 Å². The van der Waals surface area contributed by atoms with E-state index in [2.05, 4.69) is 43.0 Å². The molecule has 2 heterocycles. The molecule has 0 aliphatic heterocycles. The predicted octanol–water partition coefficient (Wildman–Crippen LogP) is 3.35. The summed E-state index contributed by atoms with van der Waals surface area (Å²) in [5.74, 6) is 0.958. The Hall–Kier alpha value is -1.03. The molecule has 0 saturated heterocycles. The summed E-state index contributed by atoms with van der Waals surface area (Å²) in [7, 11) is 0. The van der Waals surface area contributed by atoms with Crippen molar-refractivity contribution in [3.63, 3.8) is 0 Å². The topological polar surface area (TPSA) is 46.0 Å². The highest BCUT2D eigenvalue weighted by Crippen LogP contribution is 2.31. The number of unbranched alkanes of at least 4 members (excludes halogenated alkanes) is 1. The number of hydrogen-bond acceptors (Lipinski definition) is 2. The van der Waals surface area contributed by atoms with Gasteiger partial charge in [0.15, 0.2) is 11.5 Å². The molecule has 0 aromatic carbocycles. The molecule has 17 heavy (non-hydrogen) atoms. The molecule has 0 fully saturated rings. The van der Waals surface area contributed by atoms with E-state index in [1.165, 1.54) is 0 Å². The van der Waals surface area contributed by atoms with Crippen LogP contribution < -0.4 is 0 Å². The fraction of sp³-hybridized carbons (Fsp3) is 0.667. The van der Waals surface area contributed by atoms with Crippen molar-refractivity contribution < 1.29 is 0 Å². The summed E-state index contributed by atoms with van der Waals surface area (Å²) < 4.78 is 1.85. The molecular formula is C12H19ClN4. The minimum Gasteiger partial charge on any atom is -0.258 e. The third-order valence-electron chi connectivity index (χ3n) is 2.83. The van der Waals surface area contributed by atoms with Gasteiger partial charge in [0.25, 0.3) is 0 Å². The summed E-state index contributed by atoms with van der Waals surface area (Å²) >= 11 is 6.33. The van der Waals surface area contributed by atoms with Crippen molar-refractivity contribution in [2.24, 2.45) is 0 Å². The van der Waals surface area contributed by atoms with Gasteiger partial charge in [0.1, 0.15) is 5.02 Å². The molecule has 2 rings (SSSR count). The Balaban J connectivity index is 2.47. The molecule has 0 atom stereocenters. The largest absolute Gasteiger partial charge is 0.258 e. The van der Waals surface area contributed by atoms with Crippen LogP contribution in [0.15, 0.2) is 0 Å². The van der Waals surface area contributed by atoms with Crippen molar-refractivity contribution in [1.82, 2.24) is 19.8 Å². The molecule has 1 N–H and O–H groups in total. The van der Waals surface area contributed by atoms with Gasteiger partial charge < -0.3 is 0 Å². The summed E-state index contributed by atoms with van der Waals surface area (Å²) in [6, 6.07) is 0. The summed E-state index contributed by atoms with van der Waals surface area (Å²) in [6.45, 7) is 8.50. The number of halogens is 1. The van der Waals surface area contributed by atoms with Crippen LogP contribution >= 0.6 is 11.6 Å². The molecule has 2 aromatic heterocycles. The minimum atomic E-state index is -0.0496. The van der Waals surface area contributed by atoms with E-state index in [1.54, 1.807) is 0 Å². The zero-order valence-electron chi connectivity index (χ0n) is 10.8. The van der Waals surface area contributed by atoms with Gasteiger partial charge >= 0.3 is 0 Å². The van der Waals surface area contributed by atoms with Crippen LogP contribution in [0.2, 0.25) is 5.02 Å². The standard InChI is InChI=1S/C12H19ClN4/c1-5-6-7-8-14-15-11-9(13)10(12(2,3)4)16-17(8)11/h15H,5-7H2,1-4H3. The van der Waals surface area contributed by atoms with E-state index in [-0.39, 0.29) is 5.41 Å². The Morgan fingerprint density at radius 1 is 1.35 bits per heavy atom. The molecule has 2 aromatic rings. The summed E-state index contributed by atoms with van der Waals surface area (Å²) in [4.78, 5) is 0. The quantitative estimate of drug-likeness (QED) is 0.913. The SMILES string of the molecule is CCCCc1n[nH]c2c(Cl)c(C(C)(C)C)nn12. The van der Waals surface area contributed by atoms with E-state index in [0.29, 0.717) is 5.02 Å². The first-order valence-electron chi connectivity index (χ1n) is 6.07. The number of aromatic amines is 1. The maximum Gasteiger partial charge on any atom is 0.170 e. The second kappa shape index (κ2) is 4.33. The first-order chi connectivity index (χ1) is 7.95. The molecule has 0 saturated carbocycles. The molecule has 0 aliphatic carbocycles. The van der Waals surface area contributed by atoms with Crippen LogP contribution in [-0.4, -0.2) is 19.8 Å². The number of H-pyrrole nitrogens is 1. The van der Waals surface area contributed by atoms with Crippen LogP contribution in [0.5, 0.6) is 0 Å². The highest BCUT2D eigenvalue weighted by molar-refractivity contribution is 6.34. The fourth-order valence-electron chi connectivity index (χ4n) is 1.82. The molecule has 0 radical (unpaired) electrons. The Morgan fingerprint density at radius 2 is 2.06 bits per heavy atom. The minimum absolute atomic E-state index is 0.0496. The van der Waals surface area contributed by atoms with Gasteiger partial charge in [-0.3, -0.25) is 5.10 Å². The monoisotopic (exact) mass is 254 g/mol. The number of aromatic nitrogens is 4. The van der Waals surface area contributed by atoms with E-state index in [4.69, 9.17) is 11.6 Å². The van der Waals surface area contributed by atoms with Crippen molar-refractivity contribution in [3.8, 4) is 0 Å². The van der Waals surface area contributed by atoms with Gasteiger partial charge in [-0.2, -0.15) is 14.7 Å². The summed E-state index contributed by atoms with van der Waals surface area (Å²) in [5.41, 5.74) is 1.68. The van der Waals surface area contributed by atoms with Crippen LogP contribution in [0.3, 0.4) is 0 Å². The normalized spacial score (nSPS) is 12.5. The zero-order chi connectivity index (χ0) is 12.6. The smallest absolute Gasteiger partial charge is 0.170 e. The Bertz CT molecular complexity index is 518. The lowest BCUT2D eigenvalue weighted by atomic mass is 9.92. The van der Waals surface area contributed by atoms with Crippen LogP contribution in [0.25, 0.3) is 5.65 Å². The van der Waals surface area contributed by atoms with Gasteiger partial charge in [0.05, 0.1) is 5.69 Å². The maximum absolute atomic E-state index is 6.33. The van der Waals surface area contributed by atoms with Crippen molar-refractivity contribution in [2.75, 3.05) is 0 Å². The predicted molar refractivity (Wildman–Crippen MR) is 69.7 cm³/mol. The lowest BCUT2D eigenvalue weighted by molar-refractivity contribution is 0.559. The van der Waals surface area contributed by atoms with Gasteiger partial charge in [-0.25, -0.2) is 0 Å². The van der Waals surface area contributed by atoms with Gasteiger partial charge in [0.2, 0.25) is 0 Å². The molecule has 0 bridgehead atoms. The highest BCUT2D eigenvalue weighted by atomic mass is 35.5. The molecule has 0 spiro atoms. The van der Waals surface area contributed by atoms with E-state index in [9.17, 15) is 0 Å². The van der Waals surface area contributed by atoms with E-state index in [0.717, 1.165) is 36.4 Å². The highest BCUT2D eigenvalue weighted by Gasteiger charge is 2.25. The summed E-state index contributed by atoms with van der Waals surface area (Å²) in [5, 5.41) is 12.5. The molecule has 5 heteroatoms. The van der Waals surface area contributed by atoms with Gasteiger partial charge in [-0.15, -0.1) is 0 Å². The lowest BCUT2D eigenvalue weighted by Gasteiger charge is -2.14. The first kappa shape index (κ1) is 12.4. The van der Waals surface area contributed by atoms with Crippen LogP contribution in [0, 0.1) is 0 Å². The maximum atomic E-state index is 6.33. The van der Waals surface area contributed by atoms with Crippen molar-refractivity contribution in [1.29, 1.82) is 0 Å². The number of nitrogens with zero attached hydrogens (tertiary/aromatic N) is 3. The van der Waals surface area contributed by atoms with E-state index < -0.39 is 0 Å². The van der Waals surface area contributed by atoms with E-state index in [1.807, 2.05) is 4.52 Å². The molecule has 4 nitrogen and oxygen atoms in total. The average Bonchev–Trinajstić information content (AvgIpc) is 2.76.